The Labute approximate surface area is 123 Å². The summed E-state index contributed by atoms with van der Waals surface area (Å²) in [6.45, 7) is 10.4. The summed E-state index contributed by atoms with van der Waals surface area (Å²) in [6, 6.07) is -0.271. The van der Waals surface area contributed by atoms with E-state index in [1.165, 1.54) is 0 Å². The van der Waals surface area contributed by atoms with Gasteiger partial charge in [-0.05, 0) is 38.0 Å². The lowest BCUT2D eigenvalue weighted by Crippen LogP contribution is -3.00. The molecular formula is C15H28ClNO2. The summed E-state index contributed by atoms with van der Waals surface area (Å²) in [7, 11) is 0. The van der Waals surface area contributed by atoms with E-state index in [2.05, 4.69) is 13.2 Å². The van der Waals surface area contributed by atoms with Crippen LogP contribution in [0.2, 0.25) is 0 Å². The summed E-state index contributed by atoms with van der Waals surface area (Å²) in [5, 5.41) is 11.0. The first-order valence-electron chi connectivity index (χ1n) is 6.93. The van der Waals surface area contributed by atoms with Gasteiger partial charge in [0.15, 0.2) is 6.04 Å². The number of hydrogen-bond acceptors (Lipinski definition) is 1. The summed E-state index contributed by atoms with van der Waals surface area (Å²) >= 11 is 0. The van der Waals surface area contributed by atoms with Crippen molar-refractivity contribution in [2.24, 2.45) is 5.92 Å². The molecule has 0 aliphatic rings. The molecule has 0 spiro atoms. The van der Waals surface area contributed by atoms with Gasteiger partial charge in [0, 0.05) is 6.42 Å². The maximum absolute atomic E-state index is 11.0. The number of rotatable bonds is 12. The summed E-state index contributed by atoms with van der Waals surface area (Å²) in [5.74, 6) is -0.0755. The predicted molar refractivity (Wildman–Crippen MR) is 75.5 cm³/mol. The molecule has 0 aromatic carbocycles. The zero-order valence-corrected chi connectivity index (χ0v) is 12.7. The van der Waals surface area contributed by atoms with E-state index in [1.54, 1.807) is 0 Å². The Balaban J connectivity index is 0. The molecule has 1 unspecified atom stereocenters. The molecule has 0 heterocycles. The maximum Gasteiger partial charge on any atom is 0.362 e. The van der Waals surface area contributed by atoms with Crippen LogP contribution in [0.15, 0.2) is 25.3 Å². The molecule has 0 radical (unpaired) electrons. The molecule has 0 amide bonds. The number of nitrogens with two attached hydrogens (primary N) is 1. The Bertz CT molecular complexity index is 247. The van der Waals surface area contributed by atoms with Crippen molar-refractivity contribution >= 4 is 5.97 Å². The topological polar surface area (TPSA) is 53.9 Å². The normalized spacial score (nSPS) is 11.7. The summed E-state index contributed by atoms with van der Waals surface area (Å²) in [5.41, 5.74) is 0. The molecule has 0 saturated carbocycles. The smallest absolute Gasteiger partial charge is 0.362 e. The summed E-state index contributed by atoms with van der Waals surface area (Å²) in [4.78, 5) is 11.0. The molecule has 0 aliphatic heterocycles. The fraction of sp³-hybridized carbons (Fsp3) is 0.667. The van der Waals surface area contributed by atoms with Gasteiger partial charge in [-0.2, -0.15) is 0 Å². The number of quaternary nitrogens is 1. The molecular weight excluding hydrogens is 262 g/mol. The van der Waals surface area contributed by atoms with Crippen molar-refractivity contribution in [1.29, 1.82) is 0 Å². The molecule has 0 bridgehead atoms. The number of halogens is 1. The van der Waals surface area contributed by atoms with Gasteiger partial charge in [-0.1, -0.05) is 19.1 Å². The molecule has 3 nitrogen and oxygen atoms in total. The predicted octanol–water partition coefficient (Wildman–Crippen LogP) is -0.644. The minimum atomic E-state index is -0.689. The molecule has 0 aliphatic carbocycles. The second-order valence-corrected chi connectivity index (χ2v) is 4.81. The van der Waals surface area contributed by atoms with Crippen molar-refractivity contribution in [3.05, 3.63) is 25.3 Å². The molecule has 1 atom stereocenters. The highest BCUT2D eigenvalue weighted by Crippen LogP contribution is 2.15. The molecule has 112 valence electrons. The van der Waals surface area contributed by atoms with Crippen LogP contribution in [-0.4, -0.2) is 23.7 Å². The largest absolute Gasteiger partial charge is 1.00 e. The Hall–Kier alpha value is -0.800. The van der Waals surface area contributed by atoms with Crippen LogP contribution in [0, 0.1) is 5.92 Å². The van der Waals surface area contributed by atoms with Gasteiger partial charge in [-0.15, -0.1) is 13.2 Å². The van der Waals surface area contributed by atoms with Crippen molar-refractivity contribution in [1.82, 2.24) is 0 Å². The number of carboxylic acid groups (broad SMARTS) is 1. The zero-order chi connectivity index (χ0) is 13.8. The van der Waals surface area contributed by atoms with Crippen LogP contribution in [0.25, 0.3) is 0 Å². The molecule has 0 saturated heterocycles. The molecule has 0 fully saturated rings. The van der Waals surface area contributed by atoms with Gasteiger partial charge >= 0.3 is 5.97 Å². The Kier molecular flexibility index (Phi) is 14.7. The monoisotopic (exact) mass is 289 g/mol. The van der Waals surface area contributed by atoms with Crippen molar-refractivity contribution in [3.8, 4) is 0 Å². The minimum absolute atomic E-state index is 0. The van der Waals surface area contributed by atoms with Gasteiger partial charge in [0.2, 0.25) is 0 Å². The third-order valence-corrected chi connectivity index (χ3v) is 3.18. The van der Waals surface area contributed by atoms with E-state index >= 15 is 0 Å². The second-order valence-electron chi connectivity index (χ2n) is 4.81. The van der Waals surface area contributed by atoms with E-state index in [9.17, 15) is 4.79 Å². The van der Waals surface area contributed by atoms with Gasteiger partial charge in [-0.25, -0.2) is 4.79 Å². The fourth-order valence-corrected chi connectivity index (χ4v) is 2.18. The maximum atomic E-state index is 11.0. The first kappa shape index (κ1) is 20.5. The first-order valence-corrected chi connectivity index (χ1v) is 6.93. The Morgan fingerprint density at radius 1 is 1.26 bits per heavy atom. The van der Waals surface area contributed by atoms with Crippen molar-refractivity contribution < 1.29 is 27.6 Å². The standard InChI is InChI=1S/C15H27NO2.ClH/c1-4-8-13(9-5-2)11-7-12-16-14(10-6-3)15(17)18;/h4-5,13-14,16H,1-2,6-12H2,3H3,(H,17,18);1H. The Morgan fingerprint density at radius 2 is 1.84 bits per heavy atom. The second kappa shape index (κ2) is 13.6. The number of allylic oxidation sites excluding steroid dienone is 2. The molecule has 3 N–H and O–H groups in total. The molecule has 19 heavy (non-hydrogen) atoms. The van der Waals surface area contributed by atoms with Crippen LogP contribution < -0.4 is 17.7 Å². The molecule has 0 aromatic heterocycles. The summed E-state index contributed by atoms with van der Waals surface area (Å²) in [6.07, 6.45) is 9.78. The van der Waals surface area contributed by atoms with E-state index in [0.29, 0.717) is 5.92 Å². The lowest BCUT2D eigenvalue weighted by Gasteiger charge is -2.14. The van der Waals surface area contributed by atoms with Crippen molar-refractivity contribution in [2.45, 2.75) is 51.5 Å². The average molecular weight is 290 g/mol. The van der Waals surface area contributed by atoms with Crippen LogP contribution in [0.3, 0.4) is 0 Å². The molecule has 4 heteroatoms. The first-order chi connectivity index (χ1) is 8.65. The lowest BCUT2D eigenvalue weighted by atomic mass is 9.96. The van der Waals surface area contributed by atoms with E-state index < -0.39 is 5.97 Å². The van der Waals surface area contributed by atoms with E-state index in [1.807, 2.05) is 24.4 Å². The van der Waals surface area contributed by atoms with E-state index in [-0.39, 0.29) is 18.4 Å². The van der Waals surface area contributed by atoms with Gasteiger partial charge in [0.05, 0.1) is 6.54 Å². The van der Waals surface area contributed by atoms with Crippen LogP contribution in [0.5, 0.6) is 0 Å². The molecule has 0 aromatic rings. The average Bonchev–Trinajstić information content (AvgIpc) is 2.33. The fourth-order valence-electron chi connectivity index (χ4n) is 2.18. The zero-order valence-electron chi connectivity index (χ0n) is 12.0. The highest BCUT2D eigenvalue weighted by molar-refractivity contribution is 5.71. The number of hydrogen-bond donors (Lipinski definition) is 2. The van der Waals surface area contributed by atoms with Gasteiger partial charge in [0.1, 0.15) is 0 Å². The number of aliphatic carboxylic acids is 1. The highest BCUT2D eigenvalue weighted by Gasteiger charge is 2.18. The van der Waals surface area contributed by atoms with Crippen LogP contribution in [-0.2, 0) is 4.79 Å². The summed E-state index contributed by atoms with van der Waals surface area (Å²) < 4.78 is 0. The third kappa shape index (κ3) is 10.8. The number of carbonyl (C=O) groups is 1. The van der Waals surface area contributed by atoms with Crippen molar-refractivity contribution in [3.63, 3.8) is 0 Å². The van der Waals surface area contributed by atoms with Crippen molar-refractivity contribution in [2.75, 3.05) is 6.54 Å². The SMILES string of the molecule is C=CCC(CC=C)CCC[NH2+]C(CCC)C(=O)O.[Cl-]. The Morgan fingerprint density at radius 3 is 2.26 bits per heavy atom. The van der Waals surface area contributed by atoms with E-state index in [0.717, 1.165) is 45.1 Å². The number of carboxylic acids is 1. The van der Waals surface area contributed by atoms with Crippen LogP contribution in [0.1, 0.15) is 45.4 Å². The van der Waals surface area contributed by atoms with Gasteiger partial charge in [0.25, 0.3) is 0 Å². The van der Waals surface area contributed by atoms with Crippen LogP contribution in [0.4, 0.5) is 0 Å². The highest BCUT2D eigenvalue weighted by atomic mass is 35.5. The molecule has 0 rings (SSSR count). The quantitative estimate of drug-likeness (QED) is 0.371. The third-order valence-electron chi connectivity index (χ3n) is 3.18. The van der Waals surface area contributed by atoms with Gasteiger partial charge in [-0.3, -0.25) is 0 Å². The minimum Gasteiger partial charge on any atom is -1.00 e. The van der Waals surface area contributed by atoms with Gasteiger partial charge < -0.3 is 22.8 Å². The lowest BCUT2D eigenvalue weighted by molar-refractivity contribution is -0.679. The van der Waals surface area contributed by atoms with E-state index in [4.69, 9.17) is 5.11 Å². The van der Waals surface area contributed by atoms with Crippen LogP contribution >= 0.6 is 0 Å².